The average molecular weight is 431 g/mol. The van der Waals surface area contributed by atoms with Crippen LogP contribution in [-0.4, -0.2) is 6.29 Å². The number of hydrogen-bond donors (Lipinski definition) is 0. The SMILES string of the molecule is CCCCCCc1ccc(Br)cc1.CCCCCCc1ccc(C=O)cc1. The average Bonchev–Trinajstić information content (AvgIpc) is 2.71. The Kier molecular flexibility index (Phi) is 13.7. The van der Waals surface area contributed by atoms with Crippen LogP contribution in [0.1, 0.15) is 86.7 Å². The molecule has 0 bridgehead atoms. The first kappa shape index (κ1) is 23.6. The van der Waals surface area contributed by atoms with E-state index in [9.17, 15) is 4.79 Å². The molecule has 0 atom stereocenters. The molecule has 0 heterocycles. The second kappa shape index (κ2) is 15.6. The van der Waals surface area contributed by atoms with Gasteiger partial charge in [-0.3, -0.25) is 4.79 Å². The fourth-order valence-electron chi connectivity index (χ4n) is 2.93. The number of aryl methyl sites for hydroxylation is 2. The first-order valence-electron chi connectivity index (χ1n) is 10.5. The zero-order valence-corrected chi connectivity index (χ0v) is 18.6. The minimum atomic E-state index is 0.766. The molecule has 0 saturated heterocycles. The van der Waals surface area contributed by atoms with Crippen molar-refractivity contribution in [1.29, 1.82) is 0 Å². The van der Waals surface area contributed by atoms with Crippen LogP contribution in [0.25, 0.3) is 0 Å². The summed E-state index contributed by atoms with van der Waals surface area (Å²) in [5.74, 6) is 0. The maximum Gasteiger partial charge on any atom is 0.150 e. The Bertz CT molecular complexity index is 601. The van der Waals surface area contributed by atoms with Crippen molar-refractivity contribution < 1.29 is 4.79 Å². The summed E-state index contributed by atoms with van der Waals surface area (Å²) in [6.07, 6.45) is 13.8. The minimum absolute atomic E-state index is 0.766. The van der Waals surface area contributed by atoms with Crippen LogP contribution < -0.4 is 0 Å². The highest BCUT2D eigenvalue weighted by Crippen LogP contribution is 2.13. The third kappa shape index (κ3) is 11.8. The van der Waals surface area contributed by atoms with Crippen molar-refractivity contribution in [2.75, 3.05) is 0 Å². The molecule has 0 N–H and O–H groups in total. The molecule has 0 amide bonds. The predicted molar refractivity (Wildman–Crippen MR) is 122 cm³/mol. The van der Waals surface area contributed by atoms with Crippen LogP contribution in [-0.2, 0) is 12.8 Å². The lowest BCUT2D eigenvalue weighted by Gasteiger charge is -2.00. The Morgan fingerprint density at radius 1 is 0.667 bits per heavy atom. The van der Waals surface area contributed by atoms with Crippen molar-refractivity contribution in [2.24, 2.45) is 0 Å². The lowest BCUT2D eigenvalue weighted by atomic mass is 10.1. The minimum Gasteiger partial charge on any atom is -0.298 e. The van der Waals surface area contributed by atoms with E-state index < -0.39 is 0 Å². The number of rotatable bonds is 11. The van der Waals surface area contributed by atoms with Crippen molar-refractivity contribution in [3.63, 3.8) is 0 Å². The molecule has 0 aromatic heterocycles. The summed E-state index contributed by atoms with van der Waals surface area (Å²) < 4.78 is 1.17. The van der Waals surface area contributed by atoms with Gasteiger partial charge in [0, 0.05) is 10.0 Å². The fourth-order valence-corrected chi connectivity index (χ4v) is 3.19. The maximum atomic E-state index is 10.4. The first-order valence-corrected chi connectivity index (χ1v) is 11.3. The number of carbonyl (C=O) groups excluding carboxylic acids is 1. The van der Waals surface area contributed by atoms with Gasteiger partial charge in [-0.05, 0) is 48.9 Å². The lowest BCUT2D eigenvalue weighted by Crippen LogP contribution is -1.87. The summed E-state index contributed by atoms with van der Waals surface area (Å²) in [7, 11) is 0. The number of unbranched alkanes of at least 4 members (excludes halogenated alkanes) is 6. The summed E-state index contributed by atoms with van der Waals surface area (Å²) in [5.41, 5.74) is 3.56. The Morgan fingerprint density at radius 3 is 1.52 bits per heavy atom. The van der Waals surface area contributed by atoms with Crippen molar-refractivity contribution in [3.8, 4) is 0 Å². The summed E-state index contributed by atoms with van der Waals surface area (Å²) in [5, 5.41) is 0. The van der Waals surface area contributed by atoms with Crippen molar-refractivity contribution in [2.45, 2.75) is 78.1 Å². The van der Waals surface area contributed by atoms with Gasteiger partial charge in [0.1, 0.15) is 6.29 Å². The van der Waals surface area contributed by atoms with Crippen LogP contribution in [0, 0.1) is 0 Å². The van der Waals surface area contributed by atoms with Gasteiger partial charge in [-0.1, -0.05) is 105 Å². The number of carbonyl (C=O) groups is 1. The van der Waals surface area contributed by atoms with Gasteiger partial charge in [-0.15, -0.1) is 0 Å². The van der Waals surface area contributed by atoms with Crippen molar-refractivity contribution >= 4 is 22.2 Å². The second-order valence-corrected chi connectivity index (χ2v) is 8.02. The molecule has 2 aromatic rings. The van der Waals surface area contributed by atoms with E-state index in [1.807, 2.05) is 12.1 Å². The van der Waals surface area contributed by atoms with Crippen molar-refractivity contribution in [3.05, 3.63) is 69.7 Å². The van der Waals surface area contributed by atoms with Gasteiger partial charge < -0.3 is 0 Å². The van der Waals surface area contributed by atoms with Crippen LogP contribution in [0.15, 0.2) is 53.0 Å². The van der Waals surface area contributed by atoms with E-state index in [0.717, 1.165) is 18.3 Å². The van der Waals surface area contributed by atoms with E-state index in [0.29, 0.717) is 0 Å². The highest BCUT2D eigenvalue weighted by atomic mass is 79.9. The third-order valence-electron chi connectivity index (χ3n) is 4.67. The van der Waals surface area contributed by atoms with Crippen LogP contribution in [0.3, 0.4) is 0 Å². The molecule has 0 aliphatic heterocycles. The van der Waals surface area contributed by atoms with Gasteiger partial charge in [0.15, 0.2) is 0 Å². The molecule has 0 aliphatic carbocycles. The number of hydrogen-bond acceptors (Lipinski definition) is 1. The largest absolute Gasteiger partial charge is 0.298 e. The summed E-state index contributed by atoms with van der Waals surface area (Å²) in [6.45, 7) is 4.47. The molecular weight excluding hydrogens is 396 g/mol. The van der Waals surface area contributed by atoms with E-state index in [4.69, 9.17) is 0 Å². The molecule has 0 fully saturated rings. The van der Waals surface area contributed by atoms with Crippen LogP contribution in [0.2, 0.25) is 0 Å². The smallest absolute Gasteiger partial charge is 0.150 e. The van der Waals surface area contributed by atoms with Crippen LogP contribution >= 0.6 is 15.9 Å². The third-order valence-corrected chi connectivity index (χ3v) is 5.20. The summed E-state index contributed by atoms with van der Waals surface area (Å²) >= 11 is 3.44. The van der Waals surface area contributed by atoms with E-state index in [2.05, 4.69) is 66.2 Å². The summed E-state index contributed by atoms with van der Waals surface area (Å²) in [6, 6.07) is 16.5. The zero-order chi connectivity index (χ0) is 19.7. The lowest BCUT2D eigenvalue weighted by molar-refractivity contribution is 0.112. The van der Waals surface area contributed by atoms with Gasteiger partial charge in [-0.25, -0.2) is 0 Å². The molecule has 1 nitrogen and oxygen atoms in total. The highest BCUT2D eigenvalue weighted by molar-refractivity contribution is 9.10. The van der Waals surface area contributed by atoms with Crippen molar-refractivity contribution in [1.82, 2.24) is 0 Å². The molecule has 0 aliphatic rings. The quantitative estimate of drug-likeness (QED) is 0.259. The monoisotopic (exact) mass is 430 g/mol. The molecule has 27 heavy (non-hydrogen) atoms. The first-order chi connectivity index (χ1) is 13.2. The fraction of sp³-hybridized carbons (Fsp3) is 0.480. The molecule has 0 unspecified atom stereocenters. The molecule has 2 rings (SSSR count). The molecule has 0 spiro atoms. The molecule has 0 radical (unpaired) electrons. The van der Waals surface area contributed by atoms with Crippen LogP contribution in [0.4, 0.5) is 0 Å². The van der Waals surface area contributed by atoms with E-state index in [-0.39, 0.29) is 0 Å². The van der Waals surface area contributed by atoms with E-state index >= 15 is 0 Å². The standard InChI is InChI=1S/C13H18O.C12H17Br/c1-2-3-4-5-6-12-7-9-13(11-14)10-8-12;1-2-3-4-5-6-11-7-9-12(13)10-8-11/h7-11H,2-6H2,1H3;7-10H,2-6H2,1H3. The number of benzene rings is 2. The molecule has 148 valence electrons. The highest BCUT2D eigenvalue weighted by Gasteiger charge is 1.94. The van der Waals surface area contributed by atoms with Gasteiger partial charge in [-0.2, -0.15) is 0 Å². The zero-order valence-electron chi connectivity index (χ0n) is 17.1. The van der Waals surface area contributed by atoms with Gasteiger partial charge >= 0.3 is 0 Å². The molecule has 2 aromatic carbocycles. The normalized spacial score (nSPS) is 10.2. The molecule has 2 heteroatoms. The van der Waals surface area contributed by atoms with Gasteiger partial charge in [0.05, 0.1) is 0 Å². The Balaban J connectivity index is 0.000000271. The van der Waals surface area contributed by atoms with E-state index in [1.54, 1.807) is 0 Å². The van der Waals surface area contributed by atoms with Crippen LogP contribution in [0.5, 0.6) is 0 Å². The topological polar surface area (TPSA) is 17.1 Å². The Labute approximate surface area is 174 Å². The second-order valence-electron chi connectivity index (χ2n) is 7.11. The Morgan fingerprint density at radius 2 is 1.11 bits per heavy atom. The molecule has 0 saturated carbocycles. The Hall–Kier alpha value is -1.41. The summed E-state index contributed by atoms with van der Waals surface area (Å²) in [4.78, 5) is 10.4. The number of aldehydes is 1. The van der Waals surface area contributed by atoms with Gasteiger partial charge in [0.25, 0.3) is 0 Å². The molecular formula is C25H35BrO. The maximum absolute atomic E-state index is 10.4. The predicted octanol–water partition coefficient (Wildman–Crippen LogP) is 8.19. The number of halogens is 1. The van der Waals surface area contributed by atoms with E-state index in [1.165, 1.54) is 73.4 Å². The van der Waals surface area contributed by atoms with Gasteiger partial charge in [0.2, 0.25) is 0 Å².